The highest BCUT2D eigenvalue weighted by Gasteiger charge is 2.20. The molecule has 25 heavy (non-hydrogen) atoms. The molecule has 0 saturated carbocycles. The number of carbonyl (C=O) groups is 2. The zero-order valence-corrected chi connectivity index (χ0v) is 14.2. The molecule has 8 heteroatoms. The van der Waals surface area contributed by atoms with Crippen LogP contribution in [-0.2, 0) is 4.74 Å². The summed E-state index contributed by atoms with van der Waals surface area (Å²) < 4.78 is 9.97. The molecule has 0 N–H and O–H groups in total. The van der Waals surface area contributed by atoms with Crippen LogP contribution in [0, 0.1) is 17.0 Å². The second kappa shape index (κ2) is 7.76. The summed E-state index contributed by atoms with van der Waals surface area (Å²) in [7, 11) is 1.45. The predicted molar refractivity (Wildman–Crippen MR) is 90.5 cm³/mol. The Morgan fingerprint density at radius 2 is 1.96 bits per heavy atom. The summed E-state index contributed by atoms with van der Waals surface area (Å²) in [5.41, 5.74) is 0.282. The first-order valence-electron chi connectivity index (χ1n) is 7.13. The number of carbonyl (C=O) groups excluding carboxylic acids is 2. The first kappa shape index (κ1) is 18.4. The number of esters is 1. The highest BCUT2D eigenvalue weighted by molar-refractivity contribution is 6.32. The summed E-state index contributed by atoms with van der Waals surface area (Å²) in [6.45, 7) is 0.934. The second-order valence-corrected chi connectivity index (χ2v) is 5.46. The average Bonchev–Trinajstić information content (AvgIpc) is 2.59. The van der Waals surface area contributed by atoms with Crippen molar-refractivity contribution in [3.63, 3.8) is 0 Å². The molecule has 0 spiro atoms. The number of benzene rings is 2. The molecule has 7 nitrogen and oxygen atoms in total. The molecule has 0 bridgehead atoms. The van der Waals surface area contributed by atoms with Gasteiger partial charge in [-0.2, -0.15) is 0 Å². The number of hydrogen-bond donors (Lipinski definition) is 0. The van der Waals surface area contributed by atoms with E-state index in [0.29, 0.717) is 5.75 Å². The van der Waals surface area contributed by atoms with Crippen molar-refractivity contribution in [2.75, 3.05) is 13.7 Å². The number of halogens is 1. The van der Waals surface area contributed by atoms with Crippen LogP contribution in [-0.4, -0.2) is 30.4 Å². The molecule has 0 aromatic heterocycles. The molecule has 0 radical (unpaired) electrons. The molecule has 0 fully saturated rings. The maximum absolute atomic E-state index is 12.1. The largest absolute Gasteiger partial charge is 0.495 e. The maximum Gasteiger partial charge on any atom is 0.339 e. The first-order chi connectivity index (χ1) is 11.8. The van der Waals surface area contributed by atoms with Gasteiger partial charge in [-0.15, -0.1) is 0 Å². The van der Waals surface area contributed by atoms with Crippen LogP contribution in [0.3, 0.4) is 0 Å². The van der Waals surface area contributed by atoms with E-state index in [1.54, 1.807) is 0 Å². The lowest BCUT2D eigenvalue weighted by molar-refractivity contribution is -0.385. The third kappa shape index (κ3) is 4.13. The van der Waals surface area contributed by atoms with Gasteiger partial charge in [0.1, 0.15) is 5.75 Å². The molecule has 2 aromatic rings. The van der Waals surface area contributed by atoms with Crippen LogP contribution >= 0.6 is 11.6 Å². The van der Waals surface area contributed by atoms with Crippen LogP contribution in [0.15, 0.2) is 36.4 Å². The number of nitro groups is 1. The number of rotatable bonds is 6. The molecule has 0 unspecified atom stereocenters. The van der Waals surface area contributed by atoms with Crippen molar-refractivity contribution in [3.8, 4) is 5.75 Å². The number of Topliss-reactive ketones (excluding diaryl/α,β-unsaturated/α-hetero) is 1. The third-order valence-corrected chi connectivity index (χ3v) is 3.83. The molecule has 0 aliphatic carbocycles. The summed E-state index contributed by atoms with van der Waals surface area (Å²) in [5, 5.41) is 11.2. The Kier molecular flexibility index (Phi) is 5.71. The van der Waals surface area contributed by atoms with Gasteiger partial charge < -0.3 is 9.47 Å². The van der Waals surface area contributed by atoms with Crippen molar-refractivity contribution >= 4 is 29.0 Å². The predicted octanol–water partition coefficient (Wildman–Crippen LogP) is 3.60. The van der Waals surface area contributed by atoms with Crippen LogP contribution in [0.1, 0.15) is 26.3 Å². The molecule has 130 valence electrons. The fourth-order valence-corrected chi connectivity index (χ4v) is 2.43. The van der Waals surface area contributed by atoms with E-state index in [2.05, 4.69) is 0 Å². The van der Waals surface area contributed by atoms with E-state index in [9.17, 15) is 19.7 Å². The standard InChI is InChI=1S/C17H14ClNO6/c1-10-12(4-3-5-14(10)19(22)23)17(21)25-9-15(20)11-6-7-16(24-2)13(18)8-11/h3-8H,9H2,1-2H3. The number of nitrogens with zero attached hydrogens (tertiary/aromatic N) is 1. The Morgan fingerprint density at radius 1 is 1.24 bits per heavy atom. The SMILES string of the molecule is COc1ccc(C(=O)COC(=O)c2cccc([N+](=O)[O-])c2C)cc1Cl. The van der Waals surface area contributed by atoms with Gasteiger partial charge in [0.25, 0.3) is 5.69 Å². The number of ether oxygens (including phenoxy) is 2. The third-order valence-electron chi connectivity index (χ3n) is 3.53. The minimum Gasteiger partial charge on any atom is -0.495 e. The van der Waals surface area contributed by atoms with E-state index in [4.69, 9.17) is 21.1 Å². The average molecular weight is 364 g/mol. The molecule has 0 saturated heterocycles. The van der Waals surface area contributed by atoms with Gasteiger partial charge >= 0.3 is 5.97 Å². The molecule has 0 amide bonds. The molecule has 2 rings (SSSR count). The lowest BCUT2D eigenvalue weighted by atomic mass is 10.1. The van der Waals surface area contributed by atoms with Gasteiger partial charge in [-0.1, -0.05) is 17.7 Å². The van der Waals surface area contributed by atoms with Gasteiger partial charge in [0.05, 0.1) is 22.6 Å². The lowest BCUT2D eigenvalue weighted by Gasteiger charge is -2.08. The molecule has 2 aromatic carbocycles. The number of ketones is 1. The van der Waals surface area contributed by atoms with Gasteiger partial charge in [0, 0.05) is 17.2 Å². The van der Waals surface area contributed by atoms with Crippen molar-refractivity contribution in [2.45, 2.75) is 6.92 Å². The van der Waals surface area contributed by atoms with E-state index < -0.39 is 23.3 Å². The fourth-order valence-electron chi connectivity index (χ4n) is 2.17. The highest BCUT2D eigenvalue weighted by Crippen LogP contribution is 2.25. The van der Waals surface area contributed by atoms with Crippen LogP contribution in [0.5, 0.6) is 5.75 Å². The molecular formula is C17H14ClNO6. The van der Waals surface area contributed by atoms with Gasteiger partial charge in [0.2, 0.25) is 0 Å². The highest BCUT2D eigenvalue weighted by atomic mass is 35.5. The molecule has 0 aliphatic heterocycles. The van der Waals surface area contributed by atoms with Gasteiger partial charge in [-0.05, 0) is 31.2 Å². The van der Waals surface area contributed by atoms with Crippen LogP contribution in [0.2, 0.25) is 5.02 Å². The van der Waals surface area contributed by atoms with Crippen molar-refractivity contribution in [3.05, 3.63) is 68.2 Å². The summed E-state index contributed by atoms with van der Waals surface area (Å²) in [6, 6.07) is 8.51. The topological polar surface area (TPSA) is 95.7 Å². The van der Waals surface area contributed by atoms with Crippen LogP contribution in [0.4, 0.5) is 5.69 Å². The molecule has 0 heterocycles. The van der Waals surface area contributed by atoms with Crippen LogP contribution in [0.25, 0.3) is 0 Å². The van der Waals surface area contributed by atoms with Gasteiger partial charge in [-0.25, -0.2) is 4.79 Å². The molecule has 0 atom stereocenters. The number of hydrogen-bond acceptors (Lipinski definition) is 6. The Bertz CT molecular complexity index is 849. The Labute approximate surface area is 148 Å². The number of methoxy groups -OCH3 is 1. The Morgan fingerprint density at radius 3 is 2.56 bits per heavy atom. The van der Waals surface area contributed by atoms with E-state index in [1.165, 1.54) is 50.4 Å². The van der Waals surface area contributed by atoms with E-state index in [0.717, 1.165) is 0 Å². The Hall–Kier alpha value is -2.93. The van der Waals surface area contributed by atoms with Crippen LogP contribution < -0.4 is 4.74 Å². The zero-order chi connectivity index (χ0) is 18.6. The molecule has 0 aliphatic rings. The van der Waals surface area contributed by atoms with Crippen molar-refractivity contribution < 1.29 is 24.0 Å². The monoisotopic (exact) mass is 363 g/mol. The number of nitro benzene ring substituents is 1. The zero-order valence-electron chi connectivity index (χ0n) is 13.4. The quantitative estimate of drug-likeness (QED) is 0.336. The molecular weight excluding hydrogens is 350 g/mol. The lowest BCUT2D eigenvalue weighted by Crippen LogP contribution is -2.15. The van der Waals surface area contributed by atoms with Crippen molar-refractivity contribution in [1.82, 2.24) is 0 Å². The van der Waals surface area contributed by atoms with Crippen molar-refractivity contribution in [1.29, 1.82) is 0 Å². The van der Waals surface area contributed by atoms with E-state index in [-0.39, 0.29) is 27.4 Å². The first-order valence-corrected chi connectivity index (χ1v) is 7.50. The van der Waals surface area contributed by atoms with E-state index in [1.807, 2.05) is 0 Å². The summed E-state index contributed by atoms with van der Waals surface area (Å²) in [5.74, 6) is -0.849. The fraction of sp³-hybridized carbons (Fsp3) is 0.176. The normalized spacial score (nSPS) is 10.2. The van der Waals surface area contributed by atoms with Crippen molar-refractivity contribution in [2.24, 2.45) is 0 Å². The second-order valence-electron chi connectivity index (χ2n) is 5.06. The summed E-state index contributed by atoms with van der Waals surface area (Å²) in [6.07, 6.45) is 0. The van der Waals surface area contributed by atoms with Gasteiger partial charge in [-0.3, -0.25) is 14.9 Å². The maximum atomic E-state index is 12.1. The smallest absolute Gasteiger partial charge is 0.339 e. The van der Waals surface area contributed by atoms with Gasteiger partial charge in [0.15, 0.2) is 12.4 Å². The minimum atomic E-state index is -0.811. The Balaban J connectivity index is 2.10. The van der Waals surface area contributed by atoms with E-state index >= 15 is 0 Å². The summed E-state index contributed by atoms with van der Waals surface area (Å²) >= 11 is 5.95. The summed E-state index contributed by atoms with van der Waals surface area (Å²) in [4.78, 5) is 34.5. The minimum absolute atomic E-state index is 0.0368.